The highest BCUT2D eigenvalue weighted by atomic mass is 19.1. The first kappa shape index (κ1) is 11.1. The van der Waals surface area contributed by atoms with Gasteiger partial charge in [-0.05, 0) is 6.42 Å². The third kappa shape index (κ3) is 2.60. The number of hydrogen-bond donors (Lipinski definition) is 0. The van der Waals surface area contributed by atoms with Crippen LogP contribution in [0, 0.1) is 5.92 Å². The van der Waals surface area contributed by atoms with Crippen LogP contribution in [0.15, 0.2) is 0 Å². The second-order valence-electron chi connectivity index (χ2n) is 2.60. The Labute approximate surface area is 70.9 Å². The Morgan fingerprint density at radius 1 is 1.50 bits per heavy atom. The molecule has 0 bridgehead atoms. The number of alkyl halides is 1. The highest BCUT2D eigenvalue weighted by Gasteiger charge is 2.29. The van der Waals surface area contributed by atoms with E-state index in [1.807, 2.05) is 0 Å². The number of methoxy groups -OCH3 is 1. The number of hydrogen-bond acceptors (Lipinski definition) is 3. The maximum absolute atomic E-state index is 12.8. The average molecular weight is 176 g/mol. The summed E-state index contributed by atoms with van der Waals surface area (Å²) in [5.41, 5.74) is 0. The molecule has 0 amide bonds. The first-order chi connectivity index (χ1) is 5.54. The molecule has 0 saturated heterocycles. The Morgan fingerprint density at radius 2 is 2.00 bits per heavy atom. The highest BCUT2D eigenvalue weighted by Crippen LogP contribution is 2.09. The molecule has 0 spiro atoms. The van der Waals surface area contributed by atoms with Gasteiger partial charge in [-0.25, -0.2) is 9.18 Å². The second kappa shape index (κ2) is 4.85. The van der Waals surface area contributed by atoms with Crippen LogP contribution in [-0.2, 0) is 14.3 Å². The molecule has 0 heterocycles. The molecule has 0 aliphatic carbocycles. The van der Waals surface area contributed by atoms with Gasteiger partial charge in [0.1, 0.15) is 0 Å². The summed E-state index contributed by atoms with van der Waals surface area (Å²) in [6, 6.07) is 0. The van der Waals surface area contributed by atoms with Crippen LogP contribution < -0.4 is 0 Å². The summed E-state index contributed by atoms with van der Waals surface area (Å²) in [5, 5.41) is 0. The lowest BCUT2D eigenvalue weighted by Crippen LogP contribution is -2.31. The smallest absolute Gasteiger partial charge is 0.348 e. The zero-order valence-electron chi connectivity index (χ0n) is 7.46. The zero-order chi connectivity index (χ0) is 9.72. The molecule has 0 radical (unpaired) electrons. The maximum atomic E-state index is 12.8. The van der Waals surface area contributed by atoms with Crippen LogP contribution in [0.25, 0.3) is 0 Å². The van der Waals surface area contributed by atoms with Gasteiger partial charge >= 0.3 is 5.97 Å². The first-order valence-electron chi connectivity index (χ1n) is 3.80. The van der Waals surface area contributed by atoms with Crippen LogP contribution in [0.5, 0.6) is 0 Å². The van der Waals surface area contributed by atoms with Crippen LogP contribution in [0.3, 0.4) is 0 Å². The fourth-order valence-corrected chi connectivity index (χ4v) is 0.671. The summed E-state index contributed by atoms with van der Waals surface area (Å²) in [6.07, 6.45) is -1.60. The molecule has 70 valence electrons. The van der Waals surface area contributed by atoms with Gasteiger partial charge in [-0.15, -0.1) is 0 Å². The van der Waals surface area contributed by atoms with Crippen LogP contribution in [0.2, 0.25) is 0 Å². The van der Waals surface area contributed by atoms with Crippen molar-refractivity contribution >= 4 is 11.8 Å². The van der Waals surface area contributed by atoms with Crippen molar-refractivity contribution in [1.82, 2.24) is 0 Å². The van der Waals surface area contributed by atoms with Crippen molar-refractivity contribution in [3.63, 3.8) is 0 Å². The van der Waals surface area contributed by atoms with Crippen LogP contribution in [-0.4, -0.2) is 25.0 Å². The quantitative estimate of drug-likeness (QED) is 0.476. The molecule has 12 heavy (non-hydrogen) atoms. The maximum Gasteiger partial charge on any atom is 0.348 e. The number of halogens is 1. The van der Waals surface area contributed by atoms with E-state index >= 15 is 0 Å². The van der Waals surface area contributed by atoms with Gasteiger partial charge < -0.3 is 4.74 Å². The first-order valence-corrected chi connectivity index (χ1v) is 3.80. The Morgan fingerprint density at radius 3 is 2.33 bits per heavy atom. The molecule has 0 fully saturated rings. The van der Waals surface area contributed by atoms with Crippen molar-refractivity contribution in [3.8, 4) is 0 Å². The summed E-state index contributed by atoms with van der Waals surface area (Å²) >= 11 is 0. The van der Waals surface area contributed by atoms with Crippen molar-refractivity contribution in [1.29, 1.82) is 0 Å². The lowest BCUT2D eigenvalue weighted by molar-refractivity contribution is -0.151. The fourth-order valence-electron chi connectivity index (χ4n) is 0.671. The van der Waals surface area contributed by atoms with E-state index < -0.39 is 23.8 Å². The fraction of sp³-hybridized carbons (Fsp3) is 0.750. The zero-order valence-corrected chi connectivity index (χ0v) is 7.46. The van der Waals surface area contributed by atoms with Crippen LogP contribution >= 0.6 is 0 Å². The topological polar surface area (TPSA) is 43.4 Å². The number of esters is 1. The molecular weight excluding hydrogens is 163 g/mol. The molecule has 0 saturated carbocycles. The van der Waals surface area contributed by atoms with E-state index in [1.165, 1.54) is 0 Å². The molecule has 0 rings (SSSR count). The lowest BCUT2D eigenvalue weighted by Gasteiger charge is -2.09. The van der Waals surface area contributed by atoms with Gasteiger partial charge in [0.05, 0.1) is 7.11 Å². The van der Waals surface area contributed by atoms with E-state index in [4.69, 9.17) is 0 Å². The summed E-state index contributed by atoms with van der Waals surface area (Å²) in [7, 11) is 1.05. The van der Waals surface area contributed by atoms with Crippen molar-refractivity contribution in [2.75, 3.05) is 7.11 Å². The minimum atomic E-state index is -2.12. The molecule has 0 aliphatic rings. The molecule has 4 heteroatoms. The van der Waals surface area contributed by atoms with Crippen LogP contribution in [0.1, 0.15) is 20.3 Å². The third-order valence-electron chi connectivity index (χ3n) is 1.76. The minimum Gasteiger partial charge on any atom is -0.467 e. The van der Waals surface area contributed by atoms with E-state index in [1.54, 1.807) is 13.8 Å². The van der Waals surface area contributed by atoms with Gasteiger partial charge in [0.2, 0.25) is 0 Å². The molecule has 0 aromatic heterocycles. The van der Waals surface area contributed by atoms with Gasteiger partial charge in [-0.1, -0.05) is 13.8 Å². The average Bonchev–Trinajstić information content (AvgIpc) is 2.12. The third-order valence-corrected chi connectivity index (χ3v) is 1.76. The number of ether oxygens (including phenoxy) is 1. The van der Waals surface area contributed by atoms with E-state index in [9.17, 15) is 14.0 Å². The Balaban J connectivity index is 4.19. The summed E-state index contributed by atoms with van der Waals surface area (Å²) < 4.78 is 16.9. The van der Waals surface area contributed by atoms with Gasteiger partial charge in [0.15, 0.2) is 5.78 Å². The predicted octanol–water partition coefficient (Wildman–Crippen LogP) is 1.11. The predicted molar refractivity (Wildman–Crippen MR) is 41.4 cm³/mol. The number of carbonyl (C=O) groups is 2. The standard InChI is InChI=1S/C8H13FO3/c1-4-5(2)7(10)6(9)8(11)12-3/h5-6H,4H2,1-3H3. The minimum absolute atomic E-state index is 0.431. The van der Waals surface area contributed by atoms with Crippen LogP contribution in [0.4, 0.5) is 4.39 Å². The lowest BCUT2D eigenvalue weighted by atomic mass is 10.0. The van der Waals surface area contributed by atoms with E-state index in [0.717, 1.165) is 7.11 Å². The molecule has 3 nitrogen and oxygen atoms in total. The second-order valence-corrected chi connectivity index (χ2v) is 2.60. The summed E-state index contributed by atoms with van der Waals surface area (Å²) in [4.78, 5) is 21.6. The number of carbonyl (C=O) groups excluding carboxylic acids is 2. The van der Waals surface area contributed by atoms with Gasteiger partial charge in [-0.3, -0.25) is 4.79 Å². The molecular formula is C8H13FO3. The van der Waals surface area contributed by atoms with Crippen molar-refractivity contribution in [2.24, 2.45) is 5.92 Å². The molecule has 0 aromatic rings. The van der Waals surface area contributed by atoms with Gasteiger partial charge in [0, 0.05) is 5.92 Å². The monoisotopic (exact) mass is 176 g/mol. The summed E-state index contributed by atoms with van der Waals surface area (Å²) in [5.74, 6) is -2.25. The van der Waals surface area contributed by atoms with E-state index in [-0.39, 0.29) is 0 Å². The van der Waals surface area contributed by atoms with Crippen molar-refractivity contribution < 1.29 is 18.7 Å². The SMILES string of the molecule is CCC(C)C(=O)C(F)C(=O)OC. The number of Topliss-reactive ketones (excluding diaryl/α,β-unsaturated/α-hetero) is 1. The molecule has 0 aromatic carbocycles. The summed E-state index contributed by atoms with van der Waals surface area (Å²) in [6.45, 7) is 3.34. The Kier molecular flexibility index (Phi) is 4.47. The number of rotatable bonds is 4. The molecule has 2 atom stereocenters. The van der Waals surface area contributed by atoms with E-state index in [2.05, 4.69) is 4.74 Å². The van der Waals surface area contributed by atoms with Gasteiger partial charge in [0.25, 0.3) is 6.17 Å². The van der Waals surface area contributed by atoms with Gasteiger partial charge in [-0.2, -0.15) is 0 Å². The molecule has 0 aliphatic heterocycles. The Bertz CT molecular complexity index is 179. The normalized spacial score (nSPS) is 15.0. The highest BCUT2D eigenvalue weighted by molar-refractivity contribution is 6.02. The van der Waals surface area contributed by atoms with Crippen molar-refractivity contribution in [2.45, 2.75) is 26.4 Å². The largest absolute Gasteiger partial charge is 0.467 e. The number of ketones is 1. The Hall–Kier alpha value is -0.930. The van der Waals surface area contributed by atoms with Crippen molar-refractivity contribution in [3.05, 3.63) is 0 Å². The molecule has 2 unspecified atom stereocenters. The van der Waals surface area contributed by atoms with E-state index in [0.29, 0.717) is 6.42 Å². The molecule has 0 N–H and O–H groups in total.